The Morgan fingerprint density at radius 2 is 1.93 bits per heavy atom. The molecule has 1 saturated heterocycles. The molecule has 7 heteroatoms. The highest BCUT2D eigenvalue weighted by Gasteiger charge is 2.35. The third kappa shape index (κ3) is 3.68. The smallest absolute Gasteiger partial charge is 0.251 e. The van der Waals surface area contributed by atoms with E-state index >= 15 is 0 Å². The molecule has 30 heavy (non-hydrogen) atoms. The molecule has 1 N–H and O–H groups in total. The predicted molar refractivity (Wildman–Crippen MR) is 115 cm³/mol. The first-order valence-electron chi connectivity index (χ1n) is 10.4. The number of carbonyl (C=O) groups is 1. The van der Waals surface area contributed by atoms with Gasteiger partial charge in [0.15, 0.2) is 5.82 Å². The lowest BCUT2D eigenvalue weighted by Crippen LogP contribution is -2.49. The molecule has 2 aliphatic rings. The number of pyridine rings is 1. The number of carbonyl (C=O) groups excluding carboxylic acids is 1. The standard InChI is InChI=1S/C23H25N5O2/c1-26-8-7-21(25-26)24-22(29)15-27-12-16-9-19(14-27)20-10-18(11-23(30)28(20)13-16)17-5-3-2-4-6-17/h2-8,10-11,16,19H,9,12-15H2,1H3,(H,24,25,29)/t16-,19+/m0/s1. The average molecular weight is 403 g/mol. The van der Waals surface area contributed by atoms with Gasteiger partial charge in [0.05, 0.1) is 6.54 Å². The van der Waals surface area contributed by atoms with E-state index in [9.17, 15) is 9.59 Å². The Morgan fingerprint density at radius 1 is 1.10 bits per heavy atom. The maximum Gasteiger partial charge on any atom is 0.251 e. The molecule has 2 aliphatic heterocycles. The highest BCUT2D eigenvalue weighted by atomic mass is 16.2. The molecule has 1 aromatic carbocycles. The number of nitrogens with zero attached hydrogens (tertiary/aromatic N) is 4. The summed E-state index contributed by atoms with van der Waals surface area (Å²) in [6, 6.07) is 15.7. The number of amides is 1. The molecular formula is C23H25N5O2. The van der Waals surface area contributed by atoms with Gasteiger partial charge in [-0.25, -0.2) is 0 Å². The Bertz CT molecular complexity index is 1130. The number of benzene rings is 1. The summed E-state index contributed by atoms with van der Waals surface area (Å²) < 4.78 is 3.61. The van der Waals surface area contributed by atoms with Gasteiger partial charge >= 0.3 is 0 Å². The van der Waals surface area contributed by atoms with Crippen molar-refractivity contribution >= 4 is 11.7 Å². The third-order valence-electron chi connectivity index (χ3n) is 6.09. The minimum absolute atomic E-state index is 0.0518. The molecule has 2 aromatic heterocycles. The number of likely N-dealkylation sites (tertiary alicyclic amines) is 1. The quantitative estimate of drug-likeness (QED) is 0.726. The van der Waals surface area contributed by atoms with Crippen LogP contribution in [0.5, 0.6) is 0 Å². The summed E-state index contributed by atoms with van der Waals surface area (Å²) in [6.07, 6.45) is 2.87. The van der Waals surface area contributed by atoms with Gasteiger partial charge < -0.3 is 9.88 Å². The lowest BCUT2D eigenvalue weighted by molar-refractivity contribution is -0.118. The number of nitrogens with one attached hydrogen (secondary N) is 1. The maximum atomic E-state index is 12.8. The Labute approximate surface area is 174 Å². The summed E-state index contributed by atoms with van der Waals surface area (Å²) in [5, 5.41) is 7.07. The second-order valence-electron chi connectivity index (χ2n) is 8.40. The van der Waals surface area contributed by atoms with E-state index in [0.717, 1.165) is 42.9 Å². The highest BCUT2D eigenvalue weighted by molar-refractivity contribution is 5.91. The molecular weight excluding hydrogens is 378 g/mol. The fourth-order valence-electron chi connectivity index (χ4n) is 4.85. The zero-order chi connectivity index (χ0) is 20.7. The van der Waals surface area contributed by atoms with Crippen molar-refractivity contribution in [2.75, 3.05) is 25.0 Å². The van der Waals surface area contributed by atoms with Crippen LogP contribution in [0.2, 0.25) is 0 Å². The molecule has 7 nitrogen and oxygen atoms in total. The van der Waals surface area contributed by atoms with Crippen molar-refractivity contribution in [3.05, 3.63) is 70.8 Å². The van der Waals surface area contributed by atoms with Crippen molar-refractivity contribution in [2.24, 2.45) is 13.0 Å². The Hall–Kier alpha value is -3.19. The van der Waals surface area contributed by atoms with Crippen LogP contribution in [0.25, 0.3) is 11.1 Å². The summed E-state index contributed by atoms with van der Waals surface area (Å²) >= 11 is 0. The molecule has 0 saturated carbocycles. The summed E-state index contributed by atoms with van der Waals surface area (Å²) in [6.45, 7) is 2.67. The van der Waals surface area contributed by atoms with Gasteiger partial charge in [-0.1, -0.05) is 30.3 Å². The van der Waals surface area contributed by atoms with E-state index in [-0.39, 0.29) is 17.4 Å². The minimum Gasteiger partial charge on any atom is -0.312 e. The molecule has 3 aromatic rings. The van der Waals surface area contributed by atoms with Crippen LogP contribution in [0.3, 0.4) is 0 Å². The van der Waals surface area contributed by atoms with Gasteiger partial charge in [-0.15, -0.1) is 0 Å². The molecule has 154 valence electrons. The molecule has 0 radical (unpaired) electrons. The van der Waals surface area contributed by atoms with Crippen molar-refractivity contribution < 1.29 is 4.79 Å². The predicted octanol–water partition coefficient (Wildman–Crippen LogP) is 2.31. The van der Waals surface area contributed by atoms with Gasteiger partial charge in [0.25, 0.3) is 5.56 Å². The normalized spacial score (nSPS) is 20.6. The number of hydrogen-bond donors (Lipinski definition) is 1. The zero-order valence-electron chi connectivity index (χ0n) is 17.0. The van der Waals surface area contributed by atoms with E-state index < -0.39 is 0 Å². The number of hydrogen-bond acceptors (Lipinski definition) is 4. The number of anilines is 1. The molecule has 5 rings (SSSR count). The SMILES string of the molecule is Cn1ccc(NC(=O)CN2C[C@@H]3C[C@H](C2)c2cc(-c4ccccc4)cc(=O)n2C3)n1. The van der Waals surface area contributed by atoms with Crippen LogP contribution < -0.4 is 10.9 Å². The number of aryl methyl sites for hydroxylation is 1. The third-order valence-corrected chi connectivity index (χ3v) is 6.09. The summed E-state index contributed by atoms with van der Waals surface area (Å²) in [4.78, 5) is 27.5. The number of fused-ring (bicyclic) bond motifs is 4. The van der Waals surface area contributed by atoms with Crippen molar-refractivity contribution in [1.29, 1.82) is 0 Å². The summed E-state index contributed by atoms with van der Waals surface area (Å²) in [5.74, 6) is 1.17. The van der Waals surface area contributed by atoms with Crippen LogP contribution in [0.15, 0.2) is 59.5 Å². The van der Waals surface area contributed by atoms with E-state index in [1.807, 2.05) is 41.9 Å². The monoisotopic (exact) mass is 403 g/mol. The summed E-state index contributed by atoms with van der Waals surface area (Å²) in [5.41, 5.74) is 3.19. The van der Waals surface area contributed by atoms with Gasteiger partial charge in [0, 0.05) is 56.6 Å². The highest BCUT2D eigenvalue weighted by Crippen LogP contribution is 2.36. The first-order valence-corrected chi connectivity index (χ1v) is 10.4. The van der Waals surface area contributed by atoms with E-state index in [1.54, 1.807) is 23.0 Å². The Kier molecular flexibility index (Phi) is 4.75. The molecule has 4 heterocycles. The van der Waals surface area contributed by atoms with E-state index in [1.165, 1.54) is 0 Å². The van der Waals surface area contributed by atoms with Gasteiger partial charge in [-0.05, 0) is 29.5 Å². The van der Waals surface area contributed by atoms with E-state index in [0.29, 0.717) is 18.3 Å². The average Bonchev–Trinajstić information content (AvgIpc) is 3.13. The summed E-state index contributed by atoms with van der Waals surface area (Å²) in [7, 11) is 1.82. The minimum atomic E-state index is -0.0518. The first kappa shape index (κ1) is 18.8. The second-order valence-corrected chi connectivity index (χ2v) is 8.40. The van der Waals surface area contributed by atoms with Crippen LogP contribution in [-0.2, 0) is 18.4 Å². The molecule has 0 spiro atoms. The fraction of sp³-hybridized carbons (Fsp3) is 0.348. The molecule has 0 unspecified atom stereocenters. The topological polar surface area (TPSA) is 72.2 Å². The number of rotatable bonds is 4. The second kappa shape index (κ2) is 7.57. The maximum absolute atomic E-state index is 12.8. The van der Waals surface area contributed by atoms with E-state index in [4.69, 9.17) is 0 Å². The van der Waals surface area contributed by atoms with Crippen LogP contribution in [0, 0.1) is 5.92 Å². The van der Waals surface area contributed by atoms with Crippen molar-refractivity contribution in [3.8, 4) is 11.1 Å². The van der Waals surface area contributed by atoms with Gasteiger partial charge in [-0.2, -0.15) is 5.10 Å². The van der Waals surface area contributed by atoms with Gasteiger partial charge in [-0.3, -0.25) is 19.2 Å². The molecule has 1 amide bonds. The van der Waals surface area contributed by atoms with Crippen LogP contribution in [0.4, 0.5) is 5.82 Å². The zero-order valence-corrected chi connectivity index (χ0v) is 17.0. The molecule has 2 bridgehead atoms. The number of piperidine rings is 1. The molecule has 2 atom stereocenters. The first-order chi connectivity index (χ1) is 14.5. The number of aromatic nitrogens is 3. The van der Waals surface area contributed by atoms with Gasteiger partial charge in [0.2, 0.25) is 5.91 Å². The van der Waals surface area contributed by atoms with Gasteiger partial charge in [0.1, 0.15) is 0 Å². The molecule has 1 fully saturated rings. The lowest BCUT2D eigenvalue weighted by Gasteiger charge is -2.42. The van der Waals surface area contributed by atoms with Crippen molar-refractivity contribution in [2.45, 2.75) is 18.9 Å². The van der Waals surface area contributed by atoms with Crippen LogP contribution >= 0.6 is 0 Å². The lowest BCUT2D eigenvalue weighted by atomic mass is 9.82. The van der Waals surface area contributed by atoms with E-state index in [2.05, 4.69) is 21.4 Å². The Balaban J connectivity index is 1.35. The Morgan fingerprint density at radius 3 is 2.70 bits per heavy atom. The van der Waals surface area contributed by atoms with Crippen LogP contribution in [-0.4, -0.2) is 44.8 Å². The largest absolute Gasteiger partial charge is 0.312 e. The fourth-order valence-corrected chi connectivity index (χ4v) is 4.85. The van der Waals surface area contributed by atoms with Crippen molar-refractivity contribution in [1.82, 2.24) is 19.2 Å². The molecule has 0 aliphatic carbocycles. The van der Waals surface area contributed by atoms with Crippen LogP contribution in [0.1, 0.15) is 18.0 Å². The van der Waals surface area contributed by atoms with Crippen molar-refractivity contribution in [3.63, 3.8) is 0 Å².